The van der Waals surface area contributed by atoms with Gasteiger partial charge in [-0.15, -0.1) is 0 Å². The fraction of sp³-hybridized carbons (Fsp3) is 0.143. The molecular formula is C56H45N. The van der Waals surface area contributed by atoms with Crippen molar-refractivity contribution in [3.05, 3.63) is 221 Å². The van der Waals surface area contributed by atoms with Crippen molar-refractivity contribution in [2.24, 2.45) is 0 Å². The summed E-state index contributed by atoms with van der Waals surface area (Å²) >= 11 is 0. The summed E-state index contributed by atoms with van der Waals surface area (Å²) in [7, 11) is 0. The Hall–Kier alpha value is -6.44. The average Bonchev–Trinajstić information content (AvgIpc) is 3.76. The molecule has 0 saturated carbocycles. The van der Waals surface area contributed by atoms with E-state index in [1.165, 1.54) is 89.1 Å². The summed E-state index contributed by atoms with van der Waals surface area (Å²) in [6.07, 6.45) is 0. The van der Waals surface area contributed by atoms with Crippen LogP contribution in [0.3, 0.4) is 0 Å². The first-order valence-electron chi connectivity index (χ1n) is 20.4. The molecule has 0 saturated heterocycles. The molecule has 274 valence electrons. The van der Waals surface area contributed by atoms with Crippen LogP contribution in [-0.2, 0) is 16.2 Å². The number of fused-ring (bicyclic) bond motifs is 9. The van der Waals surface area contributed by atoms with E-state index in [2.05, 4.69) is 222 Å². The fourth-order valence-corrected chi connectivity index (χ4v) is 11.0. The minimum Gasteiger partial charge on any atom is -0.310 e. The van der Waals surface area contributed by atoms with E-state index in [-0.39, 0.29) is 16.2 Å². The molecule has 8 aromatic carbocycles. The zero-order valence-electron chi connectivity index (χ0n) is 33.3. The molecule has 57 heavy (non-hydrogen) atoms. The van der Waals surface area contributed by atoms with E-state index in [1.807, 2.05) is 0 Å². The Balaban J connectivity index is 1.16. The van der Waals surface area contributed by atoms with E-state index in [9.17, 15) is 0 Å². The van der Waals surface area contributed by atoms with Crippen LogP contribution in [0.2, 0.25) is 0 Å². The molecule has 0 aliphatic heterocycles. The molecule has 0 fully saturated rings. The number of hydrogen-bond acceptors (Lipinski definition) is 1. The van der Waals surface area contributed by atoms with Crippen LogP contribution in [0.15, 0.2) is 182 Å². The lowest BCUT2D eigenvalue weighted by Crippen LogP contribution is -2.23. The molecule has 11 rings (SSSR count). The van der Waals surface area contributed by atoms with Gasteiger partial charge in [-0.2, -0.15) is 0 Å². The van der Waals surface area contributed by atoms with Gasteiger partial charge < -0.3 is 4.90 Å². The second kappa shape index (κ2) is 12.0. The van der Waals surface area contributed by atoms with E-state index >= 15 is 0 Å². The van der Waals surface area contributed by atoms with Gasteiger partial charge in [0.15, 0.2) is 0 Å². The van der Waals surface area contributed by atoms with Crippen molar-refractivity contribution >= 4 is 17.1 Å². The topological polar surface area (TPSA) is 3.24 Å². The first-order chi connectivity index (χ1) is 27.7. The van der Waals surface area contributed by atoms with E-state index in [4.69, 9.17) is 0 Å². The Bertz CT molecular complexity index is 2930. The van der Waals surface area contributed by atoms with Crippen molar-refractivity contribution in [1.82, 2.24) is 0 Å². The van der Waals surface area contributed by atoms with E-state index in [1.54, 1.807) is 0 Å². The molecule has 0 aromatic heterocycles. The van der Waals surface area contributed by atoms with E-state index in [0.717, 1.165) is 11.4 Å². The predicted octanol–water partition coefficient (Wildman–Crippen LogP) is 14.8. The van der Waals surface area contributed by atoms with Gasteiger partial charge in [0.1, 0.15) is 0 Å². The Morgan fingerprint density at radius 1 is 0.333 bits per heavy atom. The third-order valence-corrected chi connectivity index (χ3v) is 13.7. The van der Waals surface area contributed by atoms with Crippen LogP contribution in [-0.4, -0.2) is 0 Å². The normalized spacial score (nSPS) is 17.2. The minimum absolute atomic E-state index is 0.120. The van der Waals surface area contributed by atoms with Crippen LogP contribution in [0.4, 0.5) is 17.1 Å². The van der Waals surface area contributed by atoms with Crippen molar-refractivity contribution in [2.45, 2.75) is 50.9 Å². The molecule has 0 spiro atoms. The summed E-state index contributed by atoms with van der Waals surface area (Å²) in [5, 5.41) is 0. The van der Waals surface area contributed by atoms with Gasteiger partial charge in [-0.05, 0) is 121 Å². The predicted molar refractivity (Wildman–Crippen MR) is 239 cm³/mol. The van der Waals surface area contributed by atoms with Crippen LogP contribution in [0.25, 0.3) is 44.5 Å². The number of nitrogens with zero attached hydrogens (tertiary/aromatic N) is 1. The molecular weight excluding hydrogens is 687 g/mol. The molecule has 1 nitrogen and oxygen atoms in total. The van der Waals surface area contributed by atoms with Crippen LogP contribution >= 0.6 is 0 Å². The molecule has 0 amide bonds. The lowest BCUT2D eigenvalue weighted by Gasteiger charge is -2.34. The minimum atomic E-state index is -0.309. The highest BCUT2D eigenvalue weighted by molar-refractivity contribution is 5.94. The molecule has 0 radical (unpaired) electrons. The maximum absolute atomic E-state index is 2.55. The molecule has 1 unspecified atom stereocenters. The Labute approximate surface area is 336 Å². The Morgan fingerprint density at radius 2 is 0.825 bits per heavy atom. The summed E-state index contributed by atoms with van der Waals surface area (Å²) < 4.78 is 0. The summed E-state index contributed by atoms with van der Waals surface area (Å²) in [6, 6.07) is 68.3. The van der Waals surface area contributed by atoms with Crippen LogP contribution in [0.5, 0.6) is 0 Å². The van der Waals surface area contributed by atoms with Gasteiger partial charge in [0.2, 0.25) is 0 Å². The molecule has 1 heteroatoms. The lowest BCUT2D eigenvalue weighted by atomic mass is 9.74. The maximum atomic E-state index is 2.55. The zero-order valence-corrected chi connectivity index (χ0v) is 33.3. The summed E-state index contributed by atoms with van der Waals surface area (Å²) in [5.74, 6) is 0. The Morgan fingerprint density at radius 3 is 1.53 bits per heavy atom. The highest BCUT2D eigenvalue weighted by atomic mass is 15.1. The van der Waals surface area contributed by atoms with Crippen molar-refractivity contribution in [2.75, 3.05) is 4.90 Å². The van der Waals surface area contributed by atoms with Crippen molar-refractivity contribution < 1.29 is 0 Å². The van der Waals surface area contributed by atoms with E-state index < -0.39 is 0 Å². The quantitative estimate of drug-likeness (QED) is 0.170. The summed E-state index contributed by atoms with van der Waals surface area (Å²) in [4.78, 5) is 2.55. The second-order valence-electron chi connectivity index (χ2n) is 17.4. The number of anilines is 3. The lowest BCUT2D eigenvalue weighted by molar-refractivity contribution is 0.660. The van der Waals surface area contributed by atoms with Gasteiger partial charge in [0.05, 0.1) is 5.69 Å². The molecule has 3 aliphatic carbocycles. The van der Waals surface area contributed by atoms with Crippen molar-refractivity contribution in [3.63, 3.8) is 0 Å². The van der Waals surface area contributed by atoms with Gasteiger partial charge in [0.25, 0.3) is 0 Å². The van der Waals surface area contributed by atoms with Gasteiger partial charge >= 0.3 is 0 Å². The number of benzene rings is 8. The smallest absolute Gasteiger partial charge is 0.0508 e. The van der Waals surface area contributed by atoms with Gasteiger partial charge in [-0.25, -0.2) is 0 Å². The van der Waals surface area contributed by atoms with Gasteiger partial charge in [0, 0.05) is 27.6 Å². The number of rotatable bonds is 5. The average molecular weight is 732 g/mol. The van der Waals surface area contributed by atoms with Crippen LogP contribution < -0.4 is 4.90 Å². The third kappa shape index (κ3) is 4.63. The summed E-state index contributed by atoms with van der Waals surface area (Å²) in [6.45, 7) is 12.0. The first-order valence-corrected chi connectivity index (χ1v) is 20.4. The molecule has 3 aliphatic rings. The zero-order chi connectivity index (χ0) is 38.7. The molecule has 1 atom stereocenters. The monoisotopic (exact) mass is 731 g/mol. The SMILES string of the molecule is CC1(C)c2ccccc2-c2cccc(-c3cccc(N(c4ccc5c(c4)C(C)(c4ccccc4)c4ccccc4-5)c4cccc5c4C(C)(C)c4ccccc4-5)c3)c21. The largest absolute Gasteiger partial charge is 0.310 e. The molecule has 0 heterocycles. The highest BCUT2D eigenvalue weighted by Crippen LogP contribution is 2.58. The fourth-order valence-electron chi connectivity index (χ4n) is 11.0. The maximum Gasteiger partial charge on any atom is 0.0508 e. The molecule has 8 aromatic rings. The van der Waals surface area contributed by atoms with Crippen LogP contribution in [0.1, 0.15) is 73.6 Å². The van der Waals surface area contributed by atoms with Crippen LogP contribution in [0, 0.1) is 0 Å². The second-order valence-corrected chi connectivity index (χ2v) is 17.4. The molecule has 0 N–H and O–H groups in total. The van der Waals surface area contributed by atoms with Crippen molar-refractivity contribution in [3.8, 4) is 44.5 Å². The Kier molecular flexibility index (Phi) is 7.15. The van der Waals surface area contributed by atoms with E-state index in [0.29, 0.717) is 0 Å². The van der Waals surface area contributed by atoms with Crippen molar-refractivity contribution in [1.29, 1.82) is 0 Å². The van der Waals surface area contributed by atoms with Gasteiger partial charge in [-0.3, -0.25) is 0 Å². The summed E-state index contributed by atoms with van der Waals surface area (Å²) in [5.41, 5.74) is 22.9. The third-order valence-electron chi connectivity index (χ3n) is 13.7. The van der Waals surface area contributed by atoms with Gasteiger partial charge in [-0.1, -0.05) is 179 Å². The number of hydrogen-bond donors (Lipinski definition) is 0. The standard InChI is InChI=1S/C56H45N/c1-54(2)47-28-12-9-23-42(47)45-26-16-25-40(52(45)54)36-18-15-21-38(34-36)57(51-31-17-27-46-43-24-10-13-29-48(43)55(3,4)53(46)51)39-32-33-44-41-22-11-14-30-49(41)56(5,50(44)35-39)37-19-7-6-8-20-37/h6-35H,1-5H3. The first kappa shape index (κ1) is 33.9. The highest BCUT2D eigenvalue weighted by Gasteiger charge is 2.43. The molecule has 0 bridgehead atoms.